The number of carbonyl (C=O) groups is 1. The molecule has 0 radical (unpaired) electrons. The normalized spacial score (nSPS) is 6.40. The summed E-state index contributed by atoms with van der Waals surface area (Å²) in [5.74, 6) is -0.926. The molecular weight excluding hydrogens is 135 g/mol. The Kier molecular flexibility index (Phi) is 2.06. The summed E-state index contributed by atoms with van der Waals surface area (Å²) in [5, 5.41) is 7.64. The van der Waals surface area contributed by atoms with Gasteiger partial charge in [0.2, 0.25) is 0 Å². The third-order valence-corrected chi connectivity index (χ3v) is 0.524. The summed E-state index contributed by atoms with van der Waals surface area (Å²) in [6, 6.07) is 0. The van der Waals surface area contributed by atoms with Gasteiger partial charge in [-0.25, -0.2) is 0 Å². The minimum atomic E-state index is -0.926. The summed E-state index contributed by atoms with van der Waals surface area (Å²) in [4.78, 5) is 10.2. The van der Waals surface area contributed by atoms with Gasteiger partial charge in [-0.3, -0.25) is 0 Å². The Balaban J connectivity index is 3.20. The molecule has 0 amide bonds. The van der Waals surface area contributed by atoms with E-state index in [4.69, 9.17) is 5.11 Å². The van der Waals surface area contributed by atoms with E-state index in [1.165, 1.54) is 0 Å². The summed E-state index contributed by atoms with van der Waals surface area (Å²) >= 11 is 2.22. The summed E-state index contributed by atoms with van der Waals surface area (Å²) in [6.45, 7) is 0. The summed E-state index contributed by atoms with van der Waals surface area (Å²) in [5.41, 5.74) is 0. The van der Waals surface area contributed by atoms with Crippen LogP contribution < -0.4 is 0 Å². The van der Waals surface area contributed by atoms with E-state index < -0.39 is 5.97 Å². The Hall–Kier alpha value is -0.141. The number of carboxylic acids is 1. The van der Waals surface area contributed by atoms with Crippen molar-refractivity contribution in [3.63, 3.8) is 0 Å². The maximum absolute atomic E-state index is 9.28. The quantitative estimate of drug-likeness (QED) is 0.472. The molecule has 0 aromatic rings. The van der Waals surface area contributed by atoms with E-state index in [9.17, 15) is 4.79 Å². The van der Waals surface area contributed by atoms with Gasteiger partial charge in [0.15, 0.2) is 0 Å². The fraction of sp³-hybridized carbons (Fsp3) is 0. The molecule has 0 spiro atoms. The second-order valence-corrected chi connectivity index (χ2v) is 0.951. The van der Waals surface area contributed by atoms with Crippen LogP contribution >= 0.6 is 0 Å². The average Bonchev–Trinajstić information content (AvgIpc) is 1.38. The molecule has 0 saturated carbocycles. The molecule has 28 valence electrons. The molecular formula is C2H2O2Se. The van der Waals surface area contributed by atoms with Crippen molar-refractivity contribution in [1.29, 1.82) is 0 Å². The van der Waals surface area contributed by atoms with E-state index in [2.05, 4.69) is 15.6 Å². The van der Waals surface area contributed by atoms with Crippen LogP contribution in [0, 0.1) is 0 Å². The molecule has 0 aliphatic carbocycles. The van der Waals surface area contributed by atoms with Gasteiger partial charge >= 0.3 is 36.4 Å². The standard InChI is InChI=1S/C2H2O2Se/c3-2(4)1-5/h1H,(H,3,4). The minimum absolute atomic E-state index is 0.926. The summed E-state index contributed by atoms with van der Waals surface area (Å²) < 4.78 is 0. The van der Waals surface area contributed by atoms with E-state index in [1.807, 2.05) is 0 Å². The van der Waals surface area contributed by atoms with E-state index >= 15 is 0 Å². The first kappa shape index (κ1) is 4.86. The van der Waals surface area contributed by atoms with Gasteiger partial charge in [-0.05, 0) is 0 Å². The molecule has 0 bridgehead atoms. The Morgan fingerprint density at radius 2 is 2.20 bits per heavy atom. The van der Waals surface area contributed by atoms with Crippen LogP contribution in [0.3, 0.4) is 0 Å². The molecule has 1 N–H and O–H groups in total. The van der Waals surface area contributed by atoms with Gasteiger partial charge in [-0.1, -0.05) is 0 Å². The van der Waals surface area contributed by atoms with Crippen molar-refractivity contribution in [2.45, 2.75) is 0 Å². The van der Waals surface area contributed by atoms with Crippen LogP contribution in [0.4, 0.5) is 0 Å². The number of rotatable bonds is 1. The summed E-state index contributed by atoms with van der Waals surface area (Å²) in [6.07, 6.45) is 0. The van der Waals surface area contributed by atoms with Crippen molar-refractivity contribution < 1.29 is 9.90 Å². The molecule has 3 heteroatoms. The fourth-order valence-corrected chi connectivity index (χ4v) is 0. The molecule has 0 aromatic carbocycles. The Labute approximate surface area is 37.2 Å². The summed E-state index contributed by atoms with van der Waals surface area (Å²) in [7, 11) is 0. The Morgan fingerprint density at radius 3 is 2.20 bits per heavy atom. The molecule has 5 heavy (non-hydrogen) atoms. The number of aliphatic carboxylic acids is 1. The van der Waals surface area contributed by atoms with E-state index in [-0.39, 0.29) is 0 Å². The van der Waals surface area contributed by atoms with E-state index in [1.54, 1.807) is 0 Å². The second kappa shape index (κ2) is 2.12. The van der Waals surface area contributed by atoms with E-state index in [0.717, 1.165) is 4.92 Å². The van der Waals surface area contributed by atoms with Crippen LogP contribution in [0.15, 0.2) is 0 Å². The zero-order valence-electron chi connectivity index (χ0n) is 2.34. The first-order chi connectivity index (χ1) is 2.27. The van der Waals surface area contributed by atoms with Crippen LogP contribution in [-0.4, -0.2) is 31.6 Å². The molecule has 0 aliphatic heterocycles. The van der Waals surface area contributed by atoms with Gasteiger partial charge in [0.05, 0.1) is 0 Å². The average molecular weight is 137 g/mol. The first-order valence-electron chi connectivity index (χ1n) is 0.952. The van der Waals surface area contributed by atoms with Gasteiger partial charge in [-0.15, -0.1) is 0 Å². The molecule has 0 unspecified atom stereocenters. The van der Waals surface area contributed by atoms with E-state index in [0.29, 0.717) is 0 Å². The van der Waals surface area contributed by atoms with Crippen molar-refractivity contribution in [3.05, 3.63) is 0 Å². The second-order valence-electron chi connectivity index (χ2n) is 0.456. The predicted octanol–water partition coefficient (Wildman–Crippen LogP) is -0.958. The fourth-order valence-electron chi connectivity index (χ4n) is 0. The van der Waals surface area contributed by atoms with Crippen molar-refractivity contribution in [2.24, 2.45) is 0 Å². The molecule has 0 rings (SSSR count). The van der Waals surface area contributed by atoms with Crippen molar-refractivity contribution >= 4 is 26.5 Å². The van der Waals surface area contributed by atoms with Crippen molar-refractivity contribution in [3.8, 4) is 0 Å². The Morgan fingerprint density at radius 1 is 2.00 bits per heavy atom. The van der Waals surface area contributed by atoms with Gasteiger partial charge in [0.1, 0.15) is 0 Å². The van der Waals surface area contributed by atoms with Gasteiger partial charge < -0.3 is 0 Å². The van der Waals surface area contributed by atoms with Crippen molar-refractivity contribution in [2.75, 3.05) is 0 Å². The van der Waals surface area contributed by atoms with Gasteiger partial charge in [0.25, 0.3) is 0 Å². The van der Waals surface area contributed by atoms with Gasteiger partial charge in [-0.2, -0.15) is 0 Å². The SMILES string of the molecule is O=C(O)C=[Se]. The topological polar surface area (TPSA) is 37.3 Å². The molecule has 0 aromatic heterocycles. The molecule has 0 saturated heterocycles. The third-order valence-electron chi connectivity index (χ3n) is 0.101. The molecule has 2 nitrogen and oxygen atoms in total. The third kappa shape index (κ3) is 3.86. The van der Waals surface area contributed by atoms with Crippen molar-refractivity contribution in [1.82, 2.24) is 0 Å². The van der Waals surface area contributed by atoms with Crippen LogP contribution in [0.2, 0.25) is 0 Å². The molecule has 0 heterocycles. The van der Waals surface area contributed by atoms with Crippen LogP contribution in [-0.2, 0) is 4.79 Å². The van der Waals surface area contributed by atoms with Crippen LogP contribution in [0.1, 0.15) is 0 Å². The number of hydrogen-bond donors (Lipinski definition) is 1. The molecule has 0 fully saturated rings. The maximum atomic E-state index is 9.28. The number of hydrogen-bond acceptors (Lipinski definition) is 1. The predicted molar refractivity (Wildman–Crippen MR) is 19.5 cm³/mol. The molecule has 0 atom stereocenters. The number of carboxylic acid groups (broad SMARTS) is 1. The molecule has 0 aliphatic rings. The zero-order valence-corrected chi connectivity index (χ0v) is 4.05. The van der Waals surface area contributed by atoms with Crippen LogP contribution in [0.25, 0.3) is 0 Å². The monoisotopic (exact) mass is 138 g/mol. The Bertz CT molecular complexity index is 58.7. The zero-order chi connectivity index (χ0) is 4.28. The first-order valence-corrected chi connectivity index (χ1v) is 1.94. The van der Waals surface area contributed by atoms with Gasteiger partial charge in [0, 0.05) is 0 Å². The van der Waals surface area contributed by atoms with Crippen LogP contribution in [0.5, 0.6) is 0 Å².